The van der Waals surface area contributed by atoms with Crippen LogP contribution in [-0.2, 0) is 0 Å². The minimum absolute atomic E-state index is 0. The zero-order valence-electron chi connectivity index (χ0n) is 11.0. The Bertz CT molecular complexity index is 585. The van der Waals surface area contributed by atoms with Crippen LogP contribution in [0.15, 0.2) is 41.1 Å². The van der Waals surface area contributed by atoms with Gasteiger partial charge in [-0.25, -0.2) is 0 Å². The van der Waals surface area contributed by atoms with Crippen molar-refractivity contribution < 1.29 is 4.79 Å². The Kier molecular flexibility index (Phi) is 4.68. The van der Waals surface area contributed by atoms with Crippen LogP contribution in [0.1, 0.15) is 34.8 Å². The summed E-state index contributed by atoms with van der Waals surface area (Å²) in [7, 11) is 0. The molecule has 2 aromatic rings. The summed E-state index contributed by atoms with van der Waals surface area (Å²) < 4.78 is 0. The Morgan fingerprint density at radius 3 is 2.90 bits per heavy atom. The molecule has 1 aliphatic rings. The third-order valence-electron chi connectivity index (χ3n) is 3.58. The SMILES string of the molecule is Cl.Nc1cccc(C(=O)N2CCCC2c2ccsc2)c1. The number of rotatable bonds is 2. The topological polar surface area (TPSA) is 46.3 Å². The van der Waals surface area contributed by atoms with Crippen LogP contribution < -0.4 is 5.73 Å². The summed E-state index contributed by atoms with van der Waals surface area (Å²) in [6.07, 6.45) is 2.11. The van der Waals surface area contributed by atoms with Crippen LogP contribution in [0.25, 0.3) is 0 Å². The zero-order chi connectivity index (χ0) is 13.2. The summed E-state index contributed by atoms with van der Waals surface area (Å²) in [4.78, 5) is 14.5. The van der Waals surface area contributed by atoms with Crippen molar-refractivity contribution in [2.45, 2.75) is 18.9 Å². The highest BCUT2D eigenvalue weighted by Crippen LogP contribution is 2.34. The van der Waals surface area contributed by atoms with Gasteiger partial charge < -0.3 is 10.6 Å². The van der Waals surface area contributed by atoms with Gasteiger partial charge in [-0.05, 0) is 53.4 Å². The second kappa shape index (κ2) is 6.29. The van der Waals surface area contributed by atoms with E-state index in [-0.39, 0.29) is 24.4 Å². The average Bonchev–Trinajstić information content (AvgIpc) is 3.08. The van der Waals surface area contributed by atoms with Crippen LogP contribution in [0.2, 0.25) is 0 Å². The lowest BCUT2D eigenvalue weighted by Crippen LogP contribution is -2.30. The number of nitrogens with two attached hydrogens (primary N) is 1. The number of hydrogen-bond donors (Lipinski definition) is 1. The van der Waals surface area contributed by atoms with E-state index in [1.807, 2.05) is 17.0 Å². The first-order valence-corrected chi connectivity index (χ1v) is 7.38. The van der Waals surface area contributed by atoms with Crippen molar-refractivity contribution in [3.05, 3.63) is 52.2 Å². The molecule has 0 bridgehead atoms. The predicted octanol–water partition coefficient (Wildman–Crippen LogP) is 3.73. The minimum atomic E-state index is 0. The Balaban J connectivity index is 0.00000147. The van der Waals surface area contributed by atoms with Crippen molar-refractivity contribution in [2.24, 2.45) is 0 Å². The lowest BCUT2D eigenvalue weighted by molar-refractivity contribution is 0.0736. The van der Waals surface area contributed by atoms with Crippen LogP contribution in [0.4, 0.5) is 5.69 Å². The van der Waals surface area contributed by atoms with Gasteiger partial charge in [0.05, 0.1) is 6.04 Å². The van der Waals surface area contributed by atoms with Gasteiger partial charge in [-0.3, -0.25) is 4.79 Å². The molecule has 1 aromatic heterocycles. The first kappa shape index (κ1) is 14.9. The number of likely N-dealkylation sites (tertiary alicyclic amines) is 1. The Morgan fingerprint density at radius 1 is 1.35 bits per heavy atom. The maximum Gasteiger partial charge on any atom is 0.254 e. The number of nitrogens with zero attached hydrogens (tertiary/aromatic N) is 1. The zero-order valence-corrected chi connectivity index (χ0v) is 12.6. The van der Waals surface area contributed by atoms with Gasteiger partial charge in [0.1, 0.15) is 0 Å². The molecule has 0 radical (unpaired) electrons. The van der Waals surface area contributed by atoms with Crippen molar-refractivity contribution >= 4 is 35.3 Å². The average molecular weight is 309 g/mol. The molecule has 2 N–H and O–H groups in total. The number of nitrogen functional groups attached to an aromatic ring is 1. The molecule has 5 heteroatoms. The van der Waals surface area contributed by atoms with Gasteiger partial charge in [0.2, 0.25) is 0 Å². The molecule has 0 saturated carbocycles. The van der Waals surface area contributed by atoms with Crippen molar-refractivity contribution in [3.8, 4) is 0 Å². The first-order chi connectivity index (χ1) is 9.25. The smallest absolute Gasteiger partial charge is 0.254 e. The fraction of sp³-hybridized carbons (Fsp3) is 0.267. The lowest BCUT2D eigenvalue weighted by atomic mass is 10.1. The maximum atomic E-state index is 12.6. The van der Waals surface area contributed by atoms with Gasteiger partial charge >= 0.3 is 0 Å². The van der Waals surface area contributed by atoms with E-state index >= 15 is 0 Å². The van der Waals surface area contributed by atoms with Crippen molar-refractivity contribution in [1.82, 2.24) is 4.90 Å². The van der Waals surface area contributed by atoms with Crippen molar-refractivity contribution in [3.63, 3.8) is 0 Å². The largest absolute Gasteiger partial charge is 0.399 e. The van der Waals surface area contributed by atoms with Crippen LogP contribution in [0, 0.1) is 0 Å². The molecule has 1 atom stereocenters. The number of benzene rings is 1. The highest BCUT2D eigenvalue weighted by molar-refractivity contribution is 7.07. The van der Waals surface area contributed by atoms with Gasteiger partial charge in [-0.2, -0.15) is 11.3 Å². The molecule has 3 nitrogen and oxygen atoms in total. The highest BCUT2D eigenvalue weighted by atomic mass is 35.5. The number of hydrogen-bond acceptors (Lipinski definition) is 3. The van der Waals surface area contributed by atoms with E-state index in [1.54, 1.807) is 23.5 Å². The summed E-state index contributed by atoms with van der Waals surface area (Å²) in [5.41, 5.74) is 8.32. The van der Waals surface area contributed by atoms with Gasteiger partial charge in [-0.1, -0.05) is 6.07 Å². The summed E-state index contributed by atoms with van der Waals surface area (Å²) in [5, 5.41) is 4.20. The second-order valence-electron chi connectivity index (χ2n) is 4.84. The molecule has 1 amide bonds. The monoisotopic (exact) mass is 308 g/mol. The molecule has 1 aliphatic heterocycles. The summed E-state index contributed by atoms with van der Waals surface area (Å²) in [6, 6.07) is 9.56. The lowest BCUT2D eigenvalue weighted by Gasteiger charge is -2.24. The quantitative estimate of drug-likeness (QED) is 0.859. The van der Waals surface area contributed by atoms with E-state index in [2.05, 4.69) is 16.8 Å². The van der Waals surface area contributed by atoms with Gasteiger partial charge in [-0.15, -0.1) is 12.4 Å². The third kappa shape index (κ3) is 2.81. The summed E-state index contributed by atoms with van der Waals surface area (Å²) >= 11 is 1.68. The normalized spacial score (nSPS) is 17.8. The summed E-state index contributed by atoms with van der Waals surface area (Å²) in [5.74, 6) is 0.0843. The van der Waals surface area contributed by atoms with Crippen LogP contribution in [0.3, 0.4) is 0 Å². The molecular weight excluding hydrogens is 292 g/mol. The Labute approximate surface area is 128 Å². The molecule has 0 spiro atoms. The molecule has 1 unspecified atom stereocenters. The second-order valence-corrected chi connectivity index (χ2v) is 5.62. The molecule has 1 aromatic carbocycles. The molecule has 0 aliphatic carbocycles. The Morgan fingerprint density at radius 2 is 2.20 bits per heavy atom. The van der Waals surface area contributed by atoms with E-state index in [0.29, 0.717) is 11.3 Å². The molecule has 3 rings (SSSR count). The molecule has 20 heavy (non-hydrogen) atoms. The number of anilines is 1. The first-order valence-electron chi connectivity index (χ1n) is 6.44. The number of carbonyl (C=O) groups excluding carboxylic acids is 1. The molecule has 2 heterocycles. The van der Waals surface area contributed by atoms with Gasteiger partial charge in [0.25, 0.3) is 5.91 Å². The molecule has 1 saturated heterocycles. The number of carbonyl (C=O) groups is 1. The van der Waals surface area contributed by atoms with Gasteiger partial charge in [0, 0.05) is 17.8 Å². The third-order valence-corrected chi connectivity index (χ3v) is 4.28. The van der Waals surface area contributed by atoms with E-state index in [1.165, 1.54) is 5.56 Å². The molecule has 1 fully saturated rings. The van der Waals surface area contributed by atoms with Crippen LogP contribution in [-0.4, -0.2) is 17.4 Å². The van der Waals surface area contributed by atoms with E-state index < -0.39 is 0 Å². The number of amides is 1. The van der Waals surface area contributed by atoms with E-state index in [0.717, 1.165) is 19.4 Å². The maximum absolute atomic E-state index is 12.6. The van der Waals surface area contributed by atoms with E-state index in [9.17, 15) is 4.79 Å². The fourth-order valence-electron chi connectivity index (χ4n) is 2.66. The number of thiophene rings is 1. The fourth-order valence-corrected chi connectivity index (χ4v) is 3.37. The van der Waals surface area contributed by atoms with Crippen LogP contribution >= 0.6 is 23.7 Å². The summed E-state index contributed by atoms with van der Waals surface area (Å²) in [6.45, 7) is 0.828. The van der Waals surface area contributed by atoms with E-state index in [4.69, 9.17) is 5.73 Å². The van der Waals surface area contributed by atoms with Gasteiger partial charge in [0.15, 0.2) is 0 Å². The highest BCUT2D eigenvalue weighted by Gasteiger charge is 2.30. The van der Waals surface area contributed by atoms with Crippen molar-refractivity contribution in [2.75, 3.05) is 12.3 Å². The van der Waals surface area contributed by atoms with Crippen molar-refractivity contribution in [1.29, 1.82) is 0 Å². The molecular formula is C15H17ClN2OS. The van der Waals surface area contributed by atoms with Crippen LogP contribution in [0.5, 0.6) is 0 Å². The number of halogens is 1. The standard InChI is InChI=1S/C15H16N2OS.ClH/c16-13-4-1-3-11(9-13)15(18)17-7-2-5-14(17)12-6-8-19-10-12;/h1,3-4,6,8-10,14H,2,5,7,16H2;1H. The minimum Gasteiger partial charge on any atom is -0.399 e. The predicted molar refractivity (Wildman–Crippen MR) is 85.4 cm³/mol. The Hall–Kier alpha value is -1.52. The molecule has 106 valence electrons.